The van der Waals surface area contributed by atoms with Crippen LogP contribution in [0.4, 0.5) is 17.6 Å². The fourth-order valence-electron chi connectivity index (χ4n) is 2.84. The molecule has 0 amide bonds. The third-order valence-electron chi connectivity index (χ3n) is 4.07. The lowest BCUT2D eigenvalue weighted by atomic mass is 9.84. The van der Waals surface area contributed by atoms with E-state index in [1.807, 2.05) is 0 Å². The fraction of sp³-hybridized carbons (Fsp3) is 0.600. The summed E-state index contributed by atoms with van der Waals surface area (Å²) in [5, 5.41) is 3.05. The van der Waals surface area contributed by atoms with Gasteiger partial charge in [-0.3, -0.25) is 0 Å². The number of nitrogens with one attached hydrogen (secondary N) is 1. The van der Waals surface area contributed by atoms with Crippen molar-refractivity contribution in [1.82, 2.24) is 5.32 Å². The molecule has 1 saturated carbocycles. The number of benzene rings is 1. The lowest BCUT2D eigenvalue weighted by Gasteiger charge is -2.30. The molecular weight excluding hydrogens is 286 g/mol. The van der Waals surface area contributed by atoms with Crippen molar-refractivity contribution in [3.05, 3.63) is 29.3 Å². The number of likely N-dealkylation sites (N-methyl/N-ethyl adjacent to an activating group) is 1. The van der Waals surface area contributed by atoms with Crippen LogP contribution in [0.5, 0.6) is 5.75 Å². The lowest BCUT2D eigenvalue weighted by molar-refractivity contribution is 0.180. The third kappa shape index (κ3) is 3.67. The van der Waals surface area contributed by atoms with Crippen molar-refractivity contribution in [2.45, 2.75) is 38.1 Å². The molecule has 0 heterocycles. The van der Waals surface area contributed by atoms with E-state index in [-0.39, 0.29) is 18.7 Å². The summed E-state index contributed by atoms with van der Waals surface area (Å²) in [6, 6.07) is 0.0734. The zero-order chi connectivity index (χ0) is 15.4. The Bertz CT molecular complexity index is 463. The Balaban J connectivity index is 2.07. The first-order valence-corrected chi connectivity index (χ1v) is 7.17. The molecule has 1 aromatic carbocycles. The molecule has 1 unspecified atom stereocenters. The number of hydrogen-bond donors (Lipinski definition) is 1. The van der Waals surface area contributed by atoms with Crippen LogP contribution in [-0.4, -0.2) is 19.7 Å². The first kappa shape index (κ1) is 16.1. The van der Waals surface area contributed by atoms with Crippen molar-refractivity contribution in [1.29, 1.82) is 0 Å². The average molecular weight is 305 g/mol. The van der Waals surface area contributed by atoms with Gasteiger partial charge in [-0.15, -0.1) is 0 Å². The molecule has 1 aromatic rings. The Morgan fingerprint density at radius 3 is 2.19 bits per heavy atom. The number of hydrogen-bond acceptors (Lipinski definition) is 2. The van der Waals surface area contributed by atoms with Crippen LogP contribution in [0, 0.1) is 29.2 Å². The van der Waals surface area contributed by atoms with Crippen LogP contribution in [0.1, 0.15) is 32.1 Å². The fourth-order valence-corrected chi connectivity index (χ4v) is 2.84. The highest BCUT2D eigenvalue weighted by atomic mass is 19.2. The van der Waals surface area contributed by atoms with Gasteiger partial charge in [-0.25, -0.2) is 8.78 Å². The van der Waals surface area contributed by atoms with E-state index in [2.05, 4.69) is 5.32 Å². The Kier molecular flexibility index (Phi) is 5.45. The minimum Gasteiger partial charge on any atom is -0.486 e. The van der Waals surface area contributed by atoms with Crippen molar-refractivity contribution < 1.29 is 22.3 Å². The van der Waals surface area contributed by atoms with Crippen LogP contribution < -0.4 is 10.1 Å². The summed E-state index contributed by atoms with van der Waals surface area (Å²) in [5.41, 5.74) is 0. The zero-order valence-corrected chi connectivity index (χ0v) is 11.9. The number of ether oxygens (including phenoxy) is 1. The normalized spacial score (nSPS) is 17.8. The second-order valence-corrected chi connectivity index (χ2v) is 5.40. The van der Waals surface area contributed by atoms with Crippen LogP contribution >= 0.6 is 0 Å². The van der Waals surface area contributed by atoms with Crippen LogP contribution in [0.25, 0.3) is 0 Å². The van der Waals surface area contributed by atoms with Crippen LogP contribution in [-0.2, 0) is 0 Å². The van der Waals surface area contributed by atoms with Gasteiger partial charge in [0.15, 0.2) is 17.4 Å². The molecule has 0 spiro atoms. The lowest BCUT2D eigenvalue weighted by Crippen LogP contribution is -2.40. The molecule has 21 heavy (non-hydrogen) atoms. The quantitative estimate of drug-likeness (QED) is 0.660. The predicted molar refractivity (Wildman–Crippen MR) is 71.2 cm³/mol. The monoisotopic (exact) mass is 305 g/mol. The number of halogens is 4. The number of rotatable bonds is 5. The Morgan fingerprint density at radius 1 is 1.10 bits per heavy atom. The minimum atomic E-state index is -1.49. The summed E-state index contributed by atoms with van der Waals surface area (Å²) in [5.74, 6) is -6.54. The second kappa shape index (κ2) is 7.11. The van der Waals surface area contributed by atoms with Gasteiger partial charge in [0.25, 0.3) is 0 Å². The zero-order valence-electron chi connectivity index (χ0n) is 11.9. The Labute approximate surface area is 121 Å². The SMILES string of the molecule is CNC(COc1c(F)c(F)cc(F)c1F)C1CCCCC1. The summed E-state index contributed by atoms with van der Waals surface area (Å²) in [6.07, 6.45) is 5.43. The summed E-state index contributed by atoms with van der Waals surface area (Å²) in [7, 11) is 1.74. The molecule has 2 rings (SSSR count). The predicted octanol–water partition coefficient (Wildman–Crippen LogP) is 3.79. The van der Waals surface area contributed by atoms with E-state index in [1.54, 1.807) is 7.05 Å². The highest BCUT2D eigenvalue weighted by molar-refractivity contribution is 5.28. The molecule has 0 aliphatic heterocycles. The summed E-state index contributed by atoms with van der Waals surface area (Å²) >= 11 is 0. The molecule has 6 heteroatoms. The maximum atomic E-state index is 13.5. The first-order valence-electron chi connectivity index (χ1n) is 7.17. The first-order chi connectivity index (χ1) is 10.0. The molecule has 118 valence electrons. The summed E-state index contributed by atoms with van der Waals surface area (Å²) in [6.45, 7) is -0.0299. The van der Waals surface area contributed by atoms with E-state index >= 15 is 0 Å². The van der Waals surface area contributed by atoms with Crippen molar-refractivity contribution in [2.75, 3.05) is 13.7 Å². The maximum Gasteiger partial charge on any atom is 0.203 e. The van der Waals surface area contributed by atoms with Crippen molar-refractivity contribution in [2.24, 2.45) is 5.92 Å². The van der Waals surface area contributed by atoms with E-state index < -0.39 is 29.0 Å². The topological polar surface area (TPSA) is 21.3 Å². The van der Waals surface area contributed by atoms with E-state index in [1.165, 1.54) is 6.42 Å². The van der Waals surface area contributed by atoms with Gasteiger partial charge >= 0.3 is 0 Å². The van der Waals surface area contributed by atoms with E-state index in [0.717, 1.165) is 25.7 Å². The average Bonchev–Trinajstić information content (AvgIpc) is 2.50. The van der Waals surface area contributed by atoms with Gasteiger partial charge in [0, 0.05) is 12.1 Å². The van der Waals surface area contributed by atoms with Gasteiger partial charge in [0.2, 0.25) is 11.6 Å². The Morgan fingerprint density at radius 2 is 1.67 bits per heavy atom. The van der Waals surface area contributed by atoms with Gasteiger partial charge in [-0.1, -0.05) is 19.3 Å². The molecule has 1 aliphatic carbocycles. The molecular formula is C15H19F4NO. The molecule has 0 aromatic heterocycles. The molecule has 2 nitrogen and oxygen atoms in total. The highest BCUT2D eigenvalue weighted by Crippen LogP contribution is 2.29. The van der Waals surface area contributed by atoms with E-state index in [9.17, 15) is 17.6 Å². The second-order valence-electron chi connectivity index (χ2n) is 5.40. The smallest absolute Gasteiger partial charge is 0.203 e. The molecule has 1 N–H and O–H groups in total. The summed E-state index contributed by atoms with van der Waals surface area (Å²) < 4.78 is 58.3. The van der Waals surface area contributed by atoms with Crippen LogP contribution in [0.15, 0.2) is 6.07 Å². The van der Waals surface area contributed by atoms with Gasteiger partial charge in [0.1, 0.15) is 6.61 Å². The van der Waals surface area contributed by atoms with Gasteiger partial charge in [-0.2, -0.15) is 8.78 Å². The molecule has 1 fully saturated rings. The van der Waals surface area contributed by atoms with Crippen molar-refractivity contribution >= 4 is 0 Å². The van der Waals surface area contributed by atoms with Crippen molar-refractivity contribution in [3.8, 4) is 5.75 Å². The van der Waals surface area contributed by atoms with Gasteiger partial charge in [-0.05, 0) is 25.8 Å². The molecule has 0 radical (unpaired) electrons. The van der Waals surface area contributed by atoms with Crippen molar-refractivity contribution in [3.63, 3.8) is 0 Å². The highest BCUT2D eigenvalue weighted by Gasteiger charge is 2.25. The van der Waals surface area contributed by atoms with E-state index in [0.29, 0.717) is 5.92 Å². The molecule has 0 saturated heterocycles. The molecule has 1 aliphatic rings. The minimum absolute atomic E-state index is 0.0299. The van der Waals surface area contributed by atoms with Crippen LogP contribution in [0.2, 0.25) is 0 Å². The third-order valence-corrected chi connectivity index (χ3v) is 4.07. The van der Waals surface area contributed by atoms with Gasteiger partial charge < -0.3 is 10.1 Å². The summed E-state index contributed by atoms with van der Waals surface area (Å²) in [4.78, 5) is 0. The maximum absolute atomic E-state index is 13.5. The standard InChI is InChI=1S/C15H19F4NO/c1-20-12(9-5-3-2-4-6-9)8-21-15-13(18)10(16)7-11(17)14(15)19/h7,9,12,20H,2-6,8H2,1H3. The Hall–Kier alpha value is -1.30. The van der Waals surface area contributed by atoms with E-state index in [4.69, 9.17) is 4.74 Å². The largest absolute Gasteiger partial charge is 0.486 e. The molecule has 0 bridgehead atoms. The van der Waals surface area contributed by atoms with Gasteiger partial charge in [0.05, 0.1) is 0 Å². The molecule has 1 atom stereocenters. The van der Waals surface area contributed by atoms with Crippen LogP contribution in [0.3, 0.4) is 0 Å².